The Morgan fingerprint density at radius 1 is 1.00 bits per heavy atom. The lowest BCUT2D eigenvalue weighted by Crippen LogP contribution is -2.39. The van der Waals surface area contributed by atoms with Gasteiger partial charge in [0.1, 0.15) is 6.61 Å². The Morgan fingerprint density at radius 2 is 1.62 bits per heavy atom. The van der Waals surface area contributed by atoms with Crippen LogP contribution in [0.1, 0.15) is 36.3 Å². The second-order valence-corrected chi connectivity index (χ2v) is 8.28. The van der Waals surface area contributed by atoms with Gasteiger partial charge in [-0.15, -0.1) is 0 Å². The molecule has 0 aromatic heterocycles. The number of amides is 2. The average molecular weight is 438 g/mol. The maximum absolute atomic E-state index is 12.4. The van der Waals surface area contributed by atoms with Crippen molar-refractivity contribution in [2.45, 2.75) is 37.3 Å². The first-order valence-corrected chi connectivity index (χ1v) is 10.7. The average Bonchev–Trinajstić information content (AvgIpc) is 3.38. The summed E-state index contributed by atoms with van der Waals surface area (Å²) in [5.74, 6) is -2.06. The van der Waals surface area contributed by atoms with Gasteiger partial charge in [0.25, 0.3) is 0 Å². The number of carbonyl (C=O) groups excluding carboxylic acids is 2. The minimum atomic E-state index is -1.63. The molecule has 8 heteroatoms. The number of fused-ring (bicyclic) bond motifs is 3. The number of aliphatic hydroxyl groups excluding tert-OH is 1. The lowest BCUT2D eigenvalue weighted by atomic mass is 9.98. The zero-order valence-corrected chi connectivity index (χ0v) is 17.5. The van der Waals surface area contributed by atoms with E-state index in [2.05, 4.69) is 34.9 Å². The fourth-order valence-electron chi connectivity index (χ4n) is 4.59. The van der Waals surface area contributed by atoms with Gasteiger partial charge in [-0.05, 0) is 41.5 Å². The number of carboxylic acid groups (broad SMARTS) is 1. The Morgan fingerprint density at radius 3 is 2.25 bits per heavy atom. The van der Waals surface area contributed by atoms with Crippen LogP contribution < -0.4 is 10.6 Å². The Kier molecular flexibility index (Phi) is 6.41. The van der Waals surface area contributed by atoms with Gasteiger partial charge < -0.3 is 25.6 Å². The van der Waals surface area contributed by atoms with E-state index in [4.69, 9.17) is 9.84 Å². The standard InChI is InChI=1S/C24H26N2O6/c27-21(23(29)30)12-25-22(28)14-9-10-15(11-14)26-24(31)32-13-20-18-7-3-1-5-16(18)17-6-2-4-8-19(17)20/h1-8,14-15,20-21,27H,9-13H2,(H,25,28)(H,26,31)(H,29,30)/t14-,15+,21-/m0/s1. The van der Waals surface area contributed by atoms with Crippen LogP contribution in [0.3, 0.4) is 0 Å². The lowest BCUT2D eigenvalue weighted by Gasteiger charge is -2.17. The highest BCUT2D eigenvalue weighted by atomic mass is 16.5. The molecule has 168 valence electrons. The summed E-state index contributed by atoms with van der Waals surface area (Å²) < 4.78 is 5.55. The van der Waals surface area contributed by atoms with Gasteiger partial charge in [-0.3, -0.25) is 4.79 Å². The number of ether oxygens (including phenoxy) is 1. The van der Waals surface area contributed by atoms with E-state index in [0.717, 1.165) is 22.3 Å². The number of aliphatic hydroxyl groups is 1. The molecular formula is C24H26N2O6. The van der Waals surface area contributed by atoms with E-state index in [1.165, 1.54) is 0 Å². The van der Waals surface area contributed by atoms with Crippen molar-refractivity contribution in [1.29, 1.82) is 0 Å². The van der Waals surface area contributed by atoms with Crippen molar-refractivity contribution >= 4 is 18.0 Å². The van der Waals surface area contributed by atoms with Crippen LogP contribution in [0.5, 0.6) is 0 Å². The summed E-state index contributed by atoms with van der Waals surface area (Å²) in [6.45, 7) is -0.112. The molecule has 1 saturated carbocycles. The molecule has 4 N–H and O–H groups in total. The van der Waals surface area contributed by atoms with Crippen LogP contribution in [0.4, 0.5) is 4.79 Å². The highest BCUT2D eigenvalue weighted by Gasteiger charge is 2.33. The summed E-state index contributed by atoms with van der Waals surface area (Å²) in [6, 6.07) is 16.0. The third-order valence-electron chi connectivity index (χ3n) is 6.22. The van der Waals surface area contributed by atoms with Crippen LogP contribution in [0.15, 0.2) is 48.5 Å². The lowest BCUT2D eigenvalue weighted by molar-refractivity contribution is -0.146. The highest BCUT2D eigenvalue weighted by Crippen LogP contribution is 2.44. The number of rotatable bonds is 7. The number of nitrogens with one attached hydrogen (secondary N) is 2. The van der Waals surface area contributed by atoms with Crippen LogP contribution in [0.2, 0.25) is 0 Å². The number of hydrogen-bond donors (Lipinski definition) is 4. The van der Waals surface area contributed by atoms with Gasteiger partial charge in [-0.2, -0.15) is 0 Å². The fourth-order valence-corrected chi connectivity index (χ4v) is 4.59. The number of alkyl carbamates (subject to hydrolysis) is 1. The van der Waals surface area contributed by atoms with Crippen molar-refractivity contribution in [3.63, 3.8) is 0 Å². The van der Waals surface area contributed by atoms with E-state index in [-0.39, 0.29) is 36.9 Å². The minimum absolute atomic E-state index is 0.0177. The normalized spacial score (nSPS) is 20.2. The molecule has 32 heavy (non-hydrogen) atoms. The molecule has 8 nitrogen and oxygen atoms in total. The summed E-state index contributed by atoms with van der Waals surface area (Å²) in [6.07, 6.45) is -0.499. The van der Waals surface area contributed by atoms with E-state index in [0.29, 0.717) is 19.3 Å². The number of carboxylic acids is 1. The van der Waals surface area contributed by atoms with Crippen molar-refractivity contribution in [1.82, 2.24) is 10.6 Å². The highest BCUT2D eigenvalue weighted by molar-refractivity contribution is 5.81. The van der Waals surface area contributed by atoms with Crippen molar-refractivity contribution < 1.29 is 29.3 Å². The predicted molar refractivity (Wildman–Crippen MR) is 116 cm³/mol. The molecule has 2 aliphatic rings. The zero-order chi connectivity index (χ0) is 22.7. The Balaban J connectivity index is 1.27. The molecule has 0 bridgehead atoms. The van der Waals surface area contributed by atoms with Crippen LogP contribution >= 0.6 is 0 Å². The molecule has 2 aliphatic carbocycles. The van der Waals surface area contributed by atoms with Crippen molar-refractivity contribution in [2.24, 2.45) is 5.92 Å². The van der Waals surface area contributed by atoms with Crippen LogP contribution in [-0.4, -0.2) is 53.5 Å². The first kappa shape index (κ1) is 21.8. The van der Waals surface area contributed by atoms with Crippen molar-refractivity contribution in [3.05, 3.63) is 59.7 Å². The largest absolute Gasteiger partial charge is 0.479 e. The molecule has 0 radical (unpaired) electrons. The fraction of sp³-hybridized carbons (Fsp3) is 0.375. The smallest absolute Gasteiger partial charge is 0.407 e. The number of hydrogen-bond acceptors (Lipinski definition) is 5. The predicted octanol–water partition coefficient (Wildman–Crippen LogP) is 2.26. The topological polar surface area (TPSA) is 125 Å². The second-order valence-electron chi connectivity index (χ2n) is 8.28. The molecule has 3 atom stereocenters. The van der Waals surface area contributed by atoms with E-state index in [1.807, 2.05) is 24.3 Å². The molecular weight excluding hydrogens is 412 g/mol. The van der Waals surface area contributed by atoms with E-state index in [9.17, 15) is 19.5 Å². The summed E-state index contributed by atoms with van der Waals surface area (Å²) in [5, 5.41) is 23.2. The van der Waals surface area contributed by atoms with Crippen LogP contribution in [0, 0.1) is 5.92 Å². The van der Waals surface area contributed by atoms with Crippen LogP contribution in [-0.2, 0) is 14.3 Å². The molecule has 2 amide bonds. The Labute approximate surface area is 185 Å². The molecule has 2 aromatic carbocycles. The van der Waals surface area contributed by atoms with Gasteiger partial charge in [0.15, 0.2) is 6.10 Å². The zero-order valence-electron chi connectivity index (χ0n) is 17.5. The summed E-state index contributed by atoms with van der Waals surface area (Å²) in [4.78, 5) is 35.2. The van der Waals surface area contributed by atoms with Gasteiger partial charge in [-0.1, -0.05) is 48.5 Å². The monoisotopic (exact) mass is 438 g/mol. The minimum Gasteiger partial charge on any atom is -0.479 e. The first-order chi connectivity index (χ1) is 15.4. The number of aliphatic carboxylic acids is 1. The molecule has 2 aromatic rings. The third-order valence-corrected chi connectivity index (χ3v) is 6.22. The molecule has 0 saturated heterocycles. The number of carbonyl (C=O) groups is 3. The molecule has 1 fully saturated rings. The third kappa shape index (κ3) is 4.60. The first-order valence-electron chi connectivity index (χ1n) is 10.7. The van der Waals surface area contributed by atoms with Crippen molar-refractivity contribution in [3.8, 4) is 11.1 Å². The van der Waals surface area contributed by atoms with Crippen molar-refractivity contribution in [2.75, 3.05) is 13.2 Å². The van der Waals surface area contributed by atoms with Gasteiger partial charge in [0, 0.05) is 17.9 Å². The molecule has 0 aliphatic heterocycles. The molecule has 0 heterocycles. The second kappa shape index (κ2) is 9.40. The van der Waals surface area contributed by atoms with E-state index >= 15 is 0 Å². The van der Waals surface area contributed by atoms with Gasteiger partial charge in [0.2, 0.25) is 5.91 Å². The number of benzene rings is 2. The quantitative estimate of drug-likeness (QED) is 0.526. The molecule has 0 unspecified atom stereocenters. The van der Waals surface area contributed by atoms with E-state index < -0.39 is 18.2 Å². The van der Waals surface area contributed by atoms with Gasteiger partial charge in [0.05, 0.1) is 6.54 Å². The molecule has 4 rings (SSSR count). The van der Waals surface area contributed by atoms with Gasteiger partial charge >= 0.3 is 12.1 Å². The van der Waals surface area contributed by atoms with E-state index in [1.54, 1.807) is 0 Å². The summed E-state index contributed by atoms with van der Waals surface area (Å²) in [7, 11) is 0. The SMILES string of the molecule is O=C(N[C@@H]1CC[C@H](C(=O)NC[C@H](O)C(=O)O)C1)OCC1c2ccccc2-c2ccccc21. The Bertz CT molecular complexity index is 978. The summed E-state index contributed by atoms with van der Waals surface area (Å²) >= 11 is 0. The van der Waals surface area contributed by atoms with Crippen LogP contribution in [0.25, 0.3) is 11.1 Å². The molecule has 0 spiro atoms. The Hall–Kier alpha value is -3.39. The maximum atomic E-state index is 12.4. The van der Waals surface area contributed by atoms with Gasteiger partial charge in [-0.25, -0.2) is 9.59 Å². The summed E-state index contributed by atoms with van der Waals surface area (Å²) in [5.41, 5.74) is 4.61. The maximum Gasteiger partial charge on any atom is 0.407 e.